The minimum Gasteiger partial charge on any atom is -0.479 e. The van der Waals surface area contributed by atoms with Gasteiger partial charge in [0.25, 0.3) is 0 Å². The number of nitrogens with zero attached hydrogens (tertiary/aromatic N) is 3. The monoisotopic (exact) mass is 401 g/mol. The van der Waals surface area contributed by atoms with Gasteiger partial charge in [0, 0.05) is 17.2 Å². The lowest BCUT2D eigenvalue weighted by molar-refractivity contribution is 0.368. The maximum Gasteiger partial charge on any atom is 0.209 e. The van der Waals surface area contributed by atoms with Crippen molar-refractivity contribution in [3.8, 4) is 23.1 Å². The number of hydrogen-bond acceptors (Lipinski definition) is 5. The van der Waals surface area contributed by atoms with E-state index in [9.17, 15) is 0 Å². The molecule has 1 aliphatic rings. The van der Waals surface area contributed by atoms with Gasteiger partial charge < -0.3 is 4.74 Å². The van der Waals surface area contributed by atoms with Crippen LogP contribution in [-0.4, -0.2) is 17.8 Å². The molecule has 0 amide bonds. The average Bonchev–Trinajstić information content (AvgIpc) is 3.27. The quantitative estimate of drug-likeness (QED) is 0.442. The van der Waals surface area contributed by atoms with Gasteiger partial charge in [0.2, 0.25) is 5.13 Å². The van der Waals surface area contributed by atoms with E-state index in [0.29, 0.717) is 5.75 Å². The summed E-state index contributed by atoms with van der Waals surface area (Å²) in [4.78, 5) is 9.15. The maximum atomic E-state index is 8.55. The molecule has 146 valence electrons. The second-order valence-corrected chi connectivity index (χ2v) is 8.08. The second-order valence-electron chi connectivity index (χ2n) is 7.25. The molecule has 0 saturated heterocycles. The van der Waals surface area contributed by atoms with Crippen LogP contribution in [-0.2, 0) is 0 Å². The number of aliphatic imine (C=N–C) groups is 1. The topological polar surface area (TPSA) is 58.3 Å². The highest BCUT2D eigenvalue weighted by Crippen LogP contribution is 2.34. The molecule has 0 bridgehead atoms. The number of ether oxygens (including phenoxy) is 1. The molecule has 29 heavy (non-hydrogen) atoms. The number of aromatic nitrogens is 1. The number of benzene rings is 2. The Balaban J connectivity index is 1.40. The van der Waals surface area contributed by atoms with E-state index >= 15 is 0 Å². The van der Waals surface area contributed by atoms with E-state index in [-0.39, 0.29) is 6.61 Å². The van der Waals surface area contributed by atoms with E-state index in [0.717, 1.165) is 27.9 Å². The Morgan fingerprint density at radius 2 is 1.83 bits per heavy atom. The van der Waals surface area contributed by atoms with Gasteiger partial charge in [0.1, 0.15) is 11.8 Å². The first-order valence-electron chi connectivity index (χ1n) is 10.0. The summed E-state index contributed by atoms with van der Waals surface area (Å²) in [6.45, 7) is 0.0525. The number of thiazole rings is 1. The Morgan fingerprint density at radius 3 is 2.55 bits per heavy atom. The molecule has 1 fully saturated rings. The van der Waals surface area contributed by atoms with E-state index in [1.807, 2.05) is 30.3 Å². The molecule has 1 aliphatic carbocycles. The zero-order chi connectivity index (χ0) is 19.9. The lowest BCUT2D eigenvalue weighted by Gasteiger charge is -2.22. The fraction of sp³-hybridized carbons (Fsp3) is 0.292. The van der Waals surface area contributed by atoms with Gasteiger partial charge in [-0.05, 0) is 54.2 Å². The van der Waals surface area contributed by atoms with E-state index in [2.05, 4.69) is 39.6 Å². The summed E-state index contributed by atoms with van der Waals surface area (Å²) in [5.74, 6) is 1.40. The first kappa shape index (κ1) is 19.4. The molecule has 4 rings (SSSR count). The normalized spacial score (nSPS) is 14.7. The lowest BCUT2D eigenvalue weighted by Crippen LogP contribution is -2.04. The van der Waals surface area contributed by atoms with E-state index in [1.165, 1.54) is 37.7 Å². The fourth-order valence-corrected chi connectivity index (χ4v) is 4.38. The van der Waals surface area contributed by atoms with Crippen LogP contribution in [0.3, 0.4) is 0 Å². The van der Waals surface area contributed by atoms with Gasteiger partial charge in [-0.15, -0.1) is 11.3 Å². The highest BCUT2D eigenvalue weighted by Gasteiger charge is 2.15. The van der Waals surface area contributed by atoms with Crippen LogP contribution >= 0.6 is 11.3 Å². The number of nitriles is 1. The molecule has 5 heteroatoms. The van der Waals surface area contributed by atoms with Gasteiger partial charge in [0.05, 0.1) is 5.69 Å². The van der Waals surface area contributed by atoms with Crippen LogP contribution in [0.15, 0.2) is 58.9 Å². The minimum absolute atomic E-state index is 0.0525. The van der Waals surface area contributed by atoms with Crippen molar-refractivity contribution in [1.29, 1.82) is 5.26 Å². The molecule has 1 saturated carbocycles. The molecule has 3 aromatic rings. The summed E-state index contributed by atoms with van der Waals surface area (Å²) < 4.78 is 5.26. The van der Waals surface area contributed by atoms with Crippen molar-refractivity contribution < 1.29 is 4.74 Å². The van der Waals surface area contributed by atoms with E-state index in [1.54, 1.807) is 17.6 Å². The summed E-state index contributed by atoms with van der Waals surface area (Å²) >= 11 is 1.54. The first-order chi connectivity index (χ1) is 14.3. The van der Waals surface area contributed by atoms with Gasteiger partial charge in [-0.1, -0.05) is 43.5 Å². The van der Waals surface area contributed by atoms with Crippen molar-refractivity contribution in [1.82, 2.24) is 4.98 Å². The third-order valence-corrected chi connectivity index (χ3v) is 6.03. The van der Waals surface area contributed by atoms with Gasteiger partial charge in [-0.2, -0.15) is 5.26 Å². The number of rotatable bonds is 6. The molecule has 0 spiro atoms. The summed E-state index contributed by atoms with van der Waals surface area (Å²) in [7, 11) is 0. The van der Waals surface area contributed by atoms with Crippen molar-refractivity contribution >= 4 is 22.7 Å². The highest BCUT2D eigenvalue weighted by molar-refractivity contribution is 7.13. The summed E-state index contributed by atoms with van der Waals surface area (Å²) in [6, 6.07) is 18.4. The first-order valence-corrected chi connectivity index (χ1v) is 10.9. The Kier molecular flexibility index (Phi) is 6.33. The minimum atomic E-state index is 0.0525. The molecule has 2 aromatic carbocycles. The average molecular weight is 402 g/mol. The highest BCUT2D eigenvalue weighted by atomic mass is 32.1. The van der Waals surface area contributed by atoms with Crippen LogP contribution in [0.2, 0.25) is 0 Å². The number of hydrogen-bond donors (Lipinski definition) is 0. The molecule has 0 N–H and O–H groups in total. The Hall–Kier alpha value is -2.97. The Bertz CT molecular complexity index is 994. The maximum absolute atomic E-state index is 8.55. The zero-order valence-corrected chi connectivity index (χ0v) is 17.1. The van der Waals surface area contributed by atoms with Crippen LogP contribution < -0.4 is 4.74 Å². The van der Waals surface area contributed by atoms with Gasteiger partial charge in [0.15, 0.2) is 6.61 Å². The smallest absolute Gasteiger partial charge is 0.209 e. The van der Waals surface area contributed by atoms with Crippen LogP contribution in [0.5, 0.6) is 5.75 Å². The predicted octanol–water partition coefficient (Wildman–Crippen LogP) is 6.51. The van der Waals surface area contributed by atoms with Crippen molar-refractivity contribution in [2.24, 2.45) is 4.99 Å². The summed E-state index contributed by atoms with van der Waals surface area (Å²) in [5, 5.41) is 11.3. The van der Waals surface area contributed by atoms with Gasteiger partial charge >= 0.3 is 0 Å². The van der Waals surface area contributed by atoms with Crippen molar-refractivity contribution in [3.63, 3.8) is 0 Å². The third-order valence-electron chi connectivity index (χ3n) is 5.28. The predicted molar refractivity (Wildman–Crippen MR) is 118 cm³/mol. The molecule has 0 unspecified atom stereocenters. The second kappa shape index (κ2) is 9.49. The van der Waals surface area contributed by atoms with E-state index in [4.69, 9.17) is 10.00 Å². The van der Waals surface area contributed by atoms with Crippen LogP contribution in [0.1, 0.15) is 49.1 Å². The van der Waals surface area contributed by atoms with Crippen LogP contribution in [0, 0.1) is 11.3 Å². The fourth-order valence-electron chi connectivity index (χ4n) is 3.71. The van der Waals surface area contributed by atoms with Gasteiger partial charge in [-0.25, -0.2) is 9.98 Å². The SMILES string of the molecule is N#CCOc1ccc(C=Nc2nc(-c3ccc(C4CCCCC4)cc3)cs2)cc1. The zero-order valence-electron chi connectivity index (χ0n) is 16.3. The molecule has 1 heterocycles. The molecule has 1 aromatic heterocycles. The van der Waals surface area contributed by atoms with Crippen molar-refractivity contribution in [2.45, 2.75) is 38.0 Å². The third kappa shape index (κ3) is 5.10. The Labute approximate surface area is 175 Å². The van der Waals surface area contributed by atoms with Crippen LogP contribution in [0.25, 0.3) is 11.3 Å². The Morgan fingerprint density at radius 1 is 1.07 bits per heavy atom. The molecule has 4 nitrogen and oxygen atoms in total. The molecule has 0 atom stereocenters. The van der Waals surface area contributed by atoms with Crippen LogP contribution in [0.4, 0.5) is 5.13 Å². The largest absolute Gasteiger partial charge is 0.479 e. The lowest BCUT2D eigenvalue weighted by atomic mass is 9.84. The van der Waals surface area contributed by atoms with Crippen molar-refractivity contribution in [3.05, 3.63) is 65.0 Å². The molecular weight excluding hydrogens is 378 g/mol. The van der Waals surface area contributed by atoms with E-state index < -0.39 is 0 Å². The summed E-state index contributed by atoms with van der Waals surface area (Å²) in [5.41, 5.74) is 4.53. The van der Waals surface area contributed by atoms with Gasteiger partial charge in [-0.3, -0.25) is 0 Å². The standard InChI is InChI=1S/C24H23N3OS/c25-14-15-28-22-12-6-18(7-13-22)16-26-24-27-23(17-29-24)21-10-8-20(9-11-21)19-4-2-1-3-5-19/h6-13,16-17,19H,1-5,15H2. The summed E-state index contributed by atoms with van der Waals surface area (Å²) in [6.07, 6.45) is 8.53. The van der Waals surface area contributed by atoms with Crippen molar-refractivity contribution in [2.75, 3.05) is 6.61 Å². The molecule has 0 radical (unpaired) electrons. The molecule has 0 aliphatic heterocycles. The molecular formula is C24H23N3OS.